The Hall–Kier alpha value is -2.84. The second kappa shape index (κ2) is 9.75. The Morgan fingerprint density at radius 2 is 1.19 bits per heavy atom. The molecule has 0 atom stereocenters. The molecule has 0 aliphatic heterocycles. The van der Waals surface area contributed by atoms with Gasteiger partial charge in [-0.25, -0.2) is 0 Å². The summed E-state index contributed by atoms with van der Waals surface area (Å²) in [5.74, 6) is 0.870. The van der Waals surface area contributed by atoms with Gasteiger partial charge in [0.1, 0.15) is 12.4 Å². The first-order chi connectivity index (χ1) is 13.2. The van der Waals surface area contributed by atoms with Gasteiger partial charge in [-0.05, 0) is 48.2 Å². The largest absolute Gasteiger partial charge is 0.491 e. The summed E-state index contributed by atoms with van der Waals surface area (Å²) in [6.07, 6.45) is 4.24. The predicted molar refractivity (Wildman–Crippen MR) is 114 cm³/mol. The minimum Gasteiger partial charge on any atom is -0.491 e. The van der Waals surface area contributed by atoms with Gasteiger partial charge in [-0.2, -0.15) is 0 Å². The van der Waals surface area contributed by atoms with E-state index < -0.39 is 0 Å². The van der Waals surface area contributed by atoms with Crippen LogP contribution in [0.4, 0.5) is 0 Å². The standard InChI is InChI=1S/C25H26O2/c1-3-26-18-19-27-25-16-10-22(11-17-25)7-6-21-8-14-24(15-9-21)23-12-4-20(2)5-13-23/h4-17H,3,18-19H2,1-2H3. The number of hydrogen-bond acceptors (Lipinski definition) is 2. The van der Waals surface area contributed by atoms with E-state index >= 15 is 0 Å². The minimum atomic E-state index is 0.580. The van der Waals surface area contributed by atoms with Crippen LogP contribution in [0.1, 0.15) is 23.6 Å². The summed E-state index contributed by atoms with van der Waals surface area (Å²) in [5, 5.41) is 0. The molecular weight excluding hydrogens is 332 g/mol. The van der Waals surface area contributed by atoms with E-state index in [0.717, 1.165) is 17.9 Å². The monoisotopic (exact) mass is 358 g/mol. The van der Waals surface area contributed by atoms with Crippen molar-refractivity contribution in [3.05, 3.63) is 89.5 Å². The van der Waals surface area contributed by atoms with Crippen molar-refractivity contribution in [3.63, 3.8) is 0 Å². The number of aryl methyl sites for hydroxylation is 1. The van der Waals surface area contributed by atoms with Gasteiger partial charge in [-0.15, -0.1) is 0 Å². The van der Waals surface area contributed by atoms with Crippen LogP contribution < -0.4 is 4.74 Å². The van der Waals surface area contributed by atoms with Gasteiger partial charge >= 0.3 is 0 Å². The third kappa shape index (κ3) is 5.83. The zero-order chi connectivity index (χ0) is 18.9. The lowest BCUT2D eigenvalue weighted by atomic mass is 10.0. The Balaban J connectivity index is 1.58. The molecule has 138 valence electrons. The molecule has 2 heteroatoms. The second-order valence-corrected chi connectivity index (χ2v) is 6.44. The lowest BCUT2D eigenvalue weighted by Crippen LogP contribution is -2.06. The number of rotatable bonds is 8. The van der Waals surface area contributed by atoms with Crippen LogP contribution in [-0.4, -0.2) is 19.8 Å². The van der Waals surface area contributed by atoms with Gasteiger partial charge in [0, 0.05) is 6.61 Å². The maximum Gasteiger partial charge on any atom is 0.119 e. The Bertz CT molecular complexity index is 844. The SMILES string of the molecule is CCOCCOc1ccc(C=Cc2ccc(-c3ccc(C)cc3)cc2)cc1. The maximum atomic E-state index is 5.64. The van der Waals surface area contributed by atoms with Crippen molar-refractivity contribution in [3.8, 4) is 16.9 Å². The highest BCUT2D eigenvalue weighted by Crippen LogP contribution is 2.21. The van der Waals surface area contributed by atoms with Gasteiger partial charge in [0.15, 0.2) is 0 Å². The Morgan fingerprint density at radius 3 is 1.74 bits per heavy atom. The highest BCUT2D eigenvalue weighted by Gasteiger charge is 1.97. The molecule has 0 N–H and O–H groups in total. The van der Waals surface area contributed by atoms with Gasteiger partial charge in [-0.3, -0.25) is 0 Å². The molecule has 3 rings (SSSR count). The molecule has 0 aromatic heterocycles. The molecule has 0 radical (unpaired) electrons. The Morgan fingerprint density at radius 1 is 0.667 bits per heavy atom. The molecule has 0 aliphatic rings. The fourth-order valence-electron chi connectivity index (χ4n) is 2.76. The van der Waals surface area contributed by atoms with Crippen molar-refractivity contribution in [1.29, 1.82) is 0 Å². The average molecular weight is 358 g/mol. The molecular formula is C25H26O2. The van der Waals surface area contributed by atoms with Crippen LogP contribution in [0.25, 0.3) is 23.3 Å². The van der Waals surface area contributed by atoms with Crippen molar-refractivity contribution >= 4 is 12.2 Å². The van der Waals surface area contributed by atoms with Crippen LogP contribution in [-0.2, 0) is 4.74 Å². The van der Waals surface area contributed by atoms with E-state index in [9.17, 15) is 0 Å². The van der Waals surface area contributed by atoms with E-state index in [1.807, 2.05) is 19.1 Å². The molecule has 0 saturated carbocycles. The fraction of sp³-hybridized carbons (Fsp3) is 0.200. The normalized spacial score (nSPS) is 11.0. The van der Waals surface area contributed by atoms with Gasteiger partial charge in [0.25, 0.3) is 0 Å². The van der Waals surface area contributed by atoms with Crippen LogP contribution >= 0.6 is 0 Å². The highest BCUT2D eigenvalue weighted by atomic mass is 16.5. The summed E-state index contributed by atoms with van der Waals surface area (Å²) in [6.45, 7) is 6.01. The van der Waals surface area contributed by atoms with E-state index in [1.54, 1.807) is 0 Å². The first-order valence-electron chi connectivity index (χ1n) is 9.40. The van der Waals surface area contributed by atoms with Crippen molar-refractivity contribution in [1.82, 2.24) is 0 Å². The first kappa shape index (κ1) is 18.9. The Labute approximate surface area is 162 Å². The molecule has 0 bridgehead atoms. The zero-order valence-electron chi connectivity index (χ0n) is 16.0. The van der Waals surface area contributed by atoms with E-state index in [-0.39, 0.29) is 0 Å². The molecule has 0 fully saturated rings. The summed E-state index contributed by atoms with van der Waals surface area (Å²) in [7, 11) is 0. The molecule has 3 aromatic rings. The topological polar surface area (TPSA) is 18.5 Å². The fourth-order valence-corrected chi connectivity index (χ4v) is 2.76. The number of benzene rings is 3. The quantitative estimate of drug-likeness (QED) is 0.350. The van der Waals surface area contributed by atoms with Crippen molar-refractivity contribution in [2.24, 2.45) is 0 Å². The van der Waals surface area contributed by atoms with Gasteiger partial charge in [0.2, 0.25) is 0 Å². The number of hydrogen-bond donors (Lipinski definition) is 0. The first-order valence-corrected chi connectivity index (χ1v) is 9.40. The predicted octanol–water partition coefficient (Wildman–Crippen LogP) is 6.25. The van der Waals surface area contributed by atoms with Crippen LogP contribution in [0, 0.1) is 6.92 Å². The van der Waals surface area contributed by atoms with Crippen LogP contribution in [0.5, 0.6) is 5.75 Å². The maximum absolute atomic E-state index is 5.64. The molecule has 0 aliphatic carbocycles. The lowest BCUT2D eigenvalue weighted by Gasteiger charge is -2.06. The van der Waals surface area contributed by atoms with E-state index in [1.165, 1.54) is 22.3 Å². The molecule has 0 heterocycles. The lowest BCUT2D eigenvalue weighted by molar-refractivity contribution is 0.110. The average Bonchev–Trinajstić information content (AvgIpc) is 2.72. The summed E-state index contributed by atoms with van der Waals surface area (Å²) < 4.78 is 10.9. The third-order valence-corrected chi connectivity index (χ3v) is 4.34. The van der Waals surface area contributed by atoms with Crippen molar-refractivity contribution in [2.75, 3.05) is 19.8 Å². The second-order valence-electron chi connectivity index (χ2n) is 6.44. The summed E-state index contributed by atoms with van der Waals surface area (Å²) in [5.41, 5.74) is 6.10. The summed E-state index contributed by atoms with van der Waals surface area (Å²) >= 11 is 0. The summed E-state index contributed by atoms with van der Waals surface area (Å²) in [6, 6.07) is 25.4. The molecule has 3 aromatic carbocycles. The van der Waals surface area contributed by atoms with E-state index in [0.29, 0.717) is 13.2 Å². The van der Waals surface area contributed by atoms with Gasteiger partial charge in [0.05, 0.1) is 6.61 Å². The van der Waals surface area contributed by atoms with Gasteiger partial charge in [-0.1, -0.05) is 78.4 Å². The Kier molecular flexibility index (Phi) is 6.84. The molecule has 2 nitrogen and oxygen atoms in total. The van der Waals surface area contributed by atoms with Crippen LogP contribution in [0.15, 0.2) is 72.8 Å². The molecule has 0 amide bonds. The van der Waals surface area contributed by atoms with E-state index in [2.05, 4.69) is 79.7 Å². The van der Waals surface area contributed by atoms with Crippen LogP contribution in [0.3, 0.4) is 0 Å². The molecule has 0 spiro atoms. The van der Waals surface area contributed by atoms with Crippen molar-refractivity contribution < 1.29 is 9.47 Å². The highest BCUT2D eigenvalue weighted by molar-refractivity contribution is 5.72. The molecule has 27 heavy (non-hydrogen) atoms. The zero-order valence-corrected chi connectivity index (χ0v) is 16.0. The third-order valence-electron chi connectivity index (χ3n) is 4.34. The summed E-state index contributed by atoms with van der Waals surface area (Å²) in [4.78, 5) is 0. The smallest absolute Gasteiger partial charge is 0.119 e. The minimum absolute atomic E-state index is 0.580. The molecule has 0 unspecified atom stereocenters. The molecule has 0 saturated heterocycles. The van der Waals surface area contributed by atoms with Gasteiger partial charge < -0.3 is 9.47 Å². The van der Waals surface area contributed by atoms with Crippen molar-refractivity contribution in [2.45, 2.75) is 13.8 Å². The van der Waals surface area contributed by atoms with Crippen LogP contribution in [0.2, 0.25) is 0 Å². The van der Waals surface area contributed by atoms with E-state index in [4.69, 9.17) is 9.47 Å². The number of ether oxygens (including phenoxy) is 2.